The monoisotopic (exact) mass is 599 g/mol. The molecule has 1 aromatic heterocycles. The van der Waals surface area contributed by atoms with Crippen molar-refractivity contribution in [3.8, 4) is 39.1 Å². The number of rotatable bonds is 4. The van der Waals surface area contributed by atoms with Crippen molar-refractivity contribution in [3.63, 3.8) is 0 Å². The highest BCUT2D eigenvalue weighted by Crippen LogP contribution is 2.44. The van der Waals surface area contributed by atoms with Gasteiger partial charge in [0.2, 0.25) is 0 Å². The van der Waals surface area contributed by atoms with E-state index in [1.54, 1.807) is 0 Å². The van der Waals surface area contributed by atoms with Crippen LogP contribution in [0, 0.1) is 0 Å². The Kier molecular flexibility index (Phi) is 6.33. The summed E-state index contributed by atoms with van der Waals surface area (Å²) in [4.78, 5) is 14.4. The summed E-state index contributed by atoms with van der Waals surface area (Å²) in [6, 6.07) is 61.3. The van der Waals surface area contributed by atoms with Crippen LogP contribution in [0.4, 0.5) is 0 Å². The molecule has 2 heteroatoms. The quantitative estimate of drug-likeness (QED) is 0.146. The molecule has 47 heavy (non-hydrogen) atoms. The zero-order valence-electron chi connectivity index (χ0n) is 25.6. The first-order chi connectivity index (χ1) is 23.3. The molecule has 2 nitrogen and oxygen atoms in total. The highest BCUT2D eigenvalue weighted by atomic mass is 16.1. The third kappa shape index (κ3) is 4.38. The normalized spacial score (nSPS) is 11.5. The molecule has 8 aromatic carbocycles. The molecular weight excluding hydrogens is 571 g/mol. The van der Waals surface area contributed by atoms with E-state index in [4.69, 9.17) is 0 Å². The summed E-state index contributed by atoms with van der Waals surface area (Å²) >= 11 is 0. The molecule has 0 radical (unpaired) electrons. The van der Waals surface area contributed by atoms with Crippen LogP contribution in [0.1, 0.15) is 0 Å². The standard InChI is InChI=1S/C45H29NO/c47-45-41-29-33(27-28-35(41)36-17-11-12-22-42(36)46(45)34-15-5-2-6-16-34)44-39-20-9-7-18-37(39)43(38-19-8-10-21-40(38)44)32-25-23-31(24-26-32)30-13-3-1-4-14-30/h1-29H. The first-order valence-electron chi connectivity index (χ1n) is 16.0. The van der Waals surface area contributed by atoms with Crippen LogP contribution in [-0.2, 0) is 0 Å². The lowest BCUT2D eigenvalue weighted by Crippen LogP contribution is -2.19. The number of aromatic nitrogens is 1. The molecular formula is C45H29NO. The van der Waals surface area contributed by atoms with Crippen molar-refractivity contribution in [2.75, 3.05) is 0 Å². The number of fused-ring (bicyclic) bond motifs is 5. The second kappa shape index (κ2) is 11.0. The van der Waals surface area contributed by atoms with Gasteiger partial charge >= 0.3 is 0 Å². The number of para-hydroxylation sites is 2. The van der Waals surface area contributed by atoms with E-state index in [1.165, 1.54) is 33.0 Å². The predicted octanol–water partition coefficient (Wildman–Crippen LogP) is 11.5. The van der Waals surface area contributed by atoms with Crippen molar-refractivity contribution in [1.29, 1.82) is 0 Å². The summed E-state index contributed by atoms with van der Waals surface area (Å²) in [6.07, 6.45) is 0. The van der Waals surface area contributed by atoms with Gasteiger partial charge in [0.05, 0.1) is 5.52 Å². The van der Waals surface area contributed by atoms with Gasteiger partial charge in [0, 0.05) is 16.5 Å². The number of hydrogen-bond donors (Lipinski definition) is 0. The summed E-state index contributed by atoms with van der Waals surface area (Å²) < 4.78 is 1.85. The van der Waals surface area contributed by atoms with Crippen LogP contribution in [-0.4, -0.2) is 4.57 Å². The molecule has 0 bridgehead atoms. The Morgan fingerprint density at radius 1 is 0.319 bits per heavy atom. The first-order valence-corrected chi connectivity index (χ1v) is 16.0. The summed E-state index contributed by atoms with van der Waals surface area (Å²) in [7, 11) is 0. The topological polar surface area (TPSA) is 22.0 Å². The number of nitrogens with zero attached hydrogens (tertiary/aromatic N) is 1. The average Bonchev–Trinajstić information content (AvgIpc) is 3.15. The maximum absolute atomic E-state index is 14.4. The smallest absolute Gasteiger partial charge is 0.263 e. The lowest BCUT2D eigenvalue weighted by Gasteiger charge is -2.19. The third-order valence-electron chi connectivity index (χ3n) is 9.40. The zero-order chi connectivity index (χ0) is 31.3. The summed E-state index contributed by atoms with van der Waals surface area (Å²) in [6.45, 7) is 0. The minimum absolute atomic E-state index is 0.0181. The van der Waals surface area contributed by atoms with E-state index in [-0.39, 0.29) is 5.56 Å². The predicted molar refractivity (Wildman–Crippen MR) is 198 cm³/mol. The minimum Gasteiger partial charge on any atom is -0.276 e. The van der Waals surface area contributed by atoms with Crippen LogP contribution in [0.25, 0.3) is 82.3 Å². The van der Waals surface area contributed by atoms with Gasteiger partial charge in [-0.2, -0.15) is 0 Å². The fraction of sp³-hybridized carbons (Fsp3) is 0. The second-order valence-electron chi connectivity index (χ2n) is 12.0. The van der Waals surface area contributed by atoms with Gasteiger partial charge in [-0.25, -0.2) is 0 Å². The van der Waals surface area contributed by atoms with Gasteiger partial charge in [-0.3, -0.25) is 9.36 Å². The van der Waals surface area contributed by atoms with Gasteiger partial charge in [0.15, 0.2) is 0 Å². The van der Waals surface area contributed by atoms with E-state index in [0.717, 1.165) is 43.9 Å². The van der Waals surface area contributed by atoms with Gasteiger partial charge in [0.1, 0.15) is 0 Å². The largest absolute Gasteiger partial charge is 0.276 e. The summed E-state index contributed by atoms with van der Waals surface area (Å²) in [5.41, 5.74) is 8.73. The Hall–Kier alpha value is -6.25. The number of benzene rings is 8. The maximum atomic E-state index is 14.4. The van der Waals surface area contributed by atoms with E-state index in [9.17, 15) is 4.79 Å². The zero-order valence-corrected chi connectivity index (χ0v) is 25.6. The van der Waals surface area contributed by atoms with Crippen molar-refractivity contribution < 1.29 is 0 Å². The molecule has 0 fully saturated rings. The average molecular weight is 600 g/mol. The van der Waals surface area contributed by atoms with Crippen LogP contribution in [0.15, 0.2) is 181 Å². The maximum Gasteiger partial charge on any atom is 0.263 e. The molecule has 0 unspecified atom stereocenters. The lowest BCUT2D eigenvalue weighted by molar-refractivity contribution is 1.06. The number of pyridine rings is 1. The van der Waals surface area contributed by atoms with Gasteiger partial charge in [-0.05, 0) is 84.6 Å². The molecule has 0 aliphatic heterocycles. The van der Waals surface area contributed by atoms with E-state index in [0.29, 0.717) is 5.39 Å². The van der Waals surface area contributed by atoms with Crippen LogP contribution >= 0.6 is 0 Å². The van der Waals surface area contributed by atoms with Crippen molar-refractivity contribution in [1.82, 2.24) is 4.57 Å². The van der Waals surface area contributed by atoms with E-state index >= 15 is 0 Å². The Bertz CT molecular complexity index is 2610. The van der Waals surface area contributed by atoms with Crippen LogP contribution in [0.5, 0.6) is 0 Å². The fourth-order valence-electron chi connectivity index (χ4n) is 7.28. The molecule has 0 aliphatic carbocycles. The lowest BCUT2D eigenvalue weighted by atomic mass is 9.85. The molecule has 0 saturated carbocycles. The summed E-state index contributed by atoms with van der Waals surface area (Å²) in [5, 5.41) is 7.43. The van der Waals surface area contributed by atoms with Crippen molar-refractivity contribution in [3.05, 3.63) is 186 Å². The first kappa shape index (κ1) is 27.1. The highest BCUT2D eigenvalue weighted by Gasteiger charge is 2.18. The van der Waals surface area contributed by atoms with E-state index < -0.39 is 0 Å². The number of hydrogen-bond acceptors (Lipinski definition) is 1. The van der Waals surface area contributed by atoms with Crippen molar-refractivity contribution >= 4 is 43.2 Å². The minimum atomic E-state index is -0.0181. The molecule has 0 aliphatic rings. The Morgan fingerprint density at radius 2 is 0.766 bits per heavy atom. The Labute approximate surface area is 272 Å². The van der Waals surface area contributed by atoms with E-state index in [2.05, 4.69) is 121 Å². The van der Waals surface area contributed by atoms with Gasteiger partial charge < -0.3 is 0 Å². The molecule has 9 aromatic rings. The second-order valence-corrected chi connectivity index (χ2v) is 12.0. The SMILES string of the molecule is O=c1c2cc(-c3c4ccccc4c(-c4ccc(-c5ccccc5)cc4)c4ccccc34)ccc2c2ccccc2n1-c1ccccc1. The third-order valence-corrected chi connectivity index (χ3v) is 9.40. The van der Waals surface area contributed by atoms with Gasteiger partial charge in [0.25, 0.3) is 5.56 Å². The molecule has 9 rings (SSSR count). The molecule has 0 spiro atoms. The molecule has 0 atom stereocenters. The van der Waals surface area contributed by atoms with Crippen molar-refractivity contribution in [2.45, 2.75) is 0 Å². The van der Waals surface area contributed by atoms with Gasteiger partial charge in [-0.15, -0.1) is 0 Å². The molecule has 0 saturated heterocycles. The van der Waals surface area contributed by atoms with Crippen LogP contribution in [0.2, 0.25) is 0 Å². The van der Waals surface area contributed by atoms with Crippen LogP contribution < -0.4 is 5.56 Å². The summed E-state index contributed by atoms with van der Waals surface area (Å²) in [5.74, 6) is 0. The van der Waals surface area contributed by atoms with Crippen LogP contribution in [0.3, 0.4) is 0 Å². The highest BCUT2D eigenvalue weighted by molar-refractivity contribution is 6.22. The van der Waals surface area contributed by atoms with E-state index in [1.807, 2.05) is 59.2 Å². The van der Waals surface area contributed by atoms with Gasteiger partial charge in [-0.1, -0.05) is 152 Å². The molecule has 1 heterocycles. The van der Waals surface area contributed by atoms with Crippen molar-refractivity contribution in [2.24, 2.45) is 0 Å². The molecule has 220 valence electrons. The Balaban J connectivity index is 1.31. The Morgan fingerprint density at radius 3 is 1.38 bits per heavy atom. The molecule has 0 amide bonds. The fourth-order valence-corrected chi connectivity index (χ4v) is 7.28. The molecule has 0 N–H and O–H groups in total.